The first-order valence-electron chi connectivity index (χ1n) is 7.29. The molecule has 0 saturated heterocycles. The lowest BCUT2D eigenvalue weighted by atomic mass is 10.1. The van der Waals surface area contributed by atoms with Gasteiger partial charge in [0.05, 0.1) is 23.7 Å². The fourth-order valence-corrected chi connectivity index (χ4v) is 2.45. The van der Waals surface area contributed by atoms with Gasteiger partial charge in [-0.15, -0.1) is 0 Å². The summed E-state index contributed by atoms with van der Waals surface area (Å²) in [6.45, 7) is 2.34. The molecule has 0 unspecified atom stereocenters. The zero-order valence-corrected chi connectivity index (χ0v) is 13.4. The SMILES string of the molecule is Cc1nc(-c2ccco2)ccc1C(=O)N(C)Cc1cnn(C)c1. The van der Waals surface area contributed by atoms with Crippen LogP contribution in [0.25, 0.3) is 11.5 Å². The Morgan fingerprint density at radius 1 is 1.35 bits per heavy atom. The number of hydrogen-bond acceptors (Lipinski definition) is 4. The summed E-state index contributed by atoms with van der Waals surface area (Å²) in [6, 6.07) is 7.25. The summed E-state index contributed by atoms with van der Waals surface area (Å²) < 4.78 is 7.06. The number of nitrogens with zero attached hydrogens (tertiary/aromatic N) is 4. The largest absolute Gasteiger partial charge is 0.463 e. The van der Waals surface area contributed by atoms with Crippen LogP contribution >= 0.6 is 0 Å². The van der Waals surface area contributed by atoms with Crippen molar-refractivity contribution in [2.75, 3.05) is 7.05 Å². The summed E-state index contributed by atoms with van der Waals surface area (Å²) in [5.74, 6) is 0.626. The van der Waals surface area contributed by atoms with E-state index in [4.69, 9.17) is 4.42 Å². The maximum atomic E-state index is 12.6. The van der Waals surface area contributed by atoms with Crippen molar-refractivity contribution < 1.29 is 9.21 Å². The molecule has 0 aromatic carbocycles. The standard InChI is InChI=1S/C17H18N4O2/c1-12-14(6-7-15(19-12)16-5-4-8-23-16)17(22)20(2)10-13-9-18-21(3)11-13/h4-9,11H,10H2,1-3H3. The van der Waals surface area contributed by atoms with E-state index in [1.807, 2.05) is 32.3 Å². The van der Waals surface area contributed by atoms with Crippen LogP contribution in [0.2, 0.25) is 0 Å². The van der Waals surface area contributed by atoms with Crippen LogP contribution in [0.15, 0.2) is 47.3 Å². The molecule has 3 aromatic heterocycles. The molecule has 0 aliphatic heterocycles. The zero-order valence-electron chi connectivity index (χ0n) is 13.4. The molecular formula is C17H18N4O2. The van der Waals surface area contributed by atoms with Gasteiger partial charge in [-0.3, -0.25) is 9.48 Å². The molecule has 0 fully saturated rings. The van der Waals surface area contributed by atoms with Crippen LogP contribution in [-0.4, -0.2) is 32.6 Å². The van der Waals surface area contributed by atoms with Gasteiger partial charge in [0.25, 0.3) is 5.91 Å². The number of furan rings is 1. The van der Waals surface area contributed by atoms with E-state index in [2.05, 4.69) is 10.1 Å². The van der Waals surface area contributed by atoms with E-state index in [1.54, 1.807) is 41.2 Å². The van der Waals surface area contributed by atoms with Gasteiger partial charge in [-0.2, -0.15) is 5.10 Å². The number of pyridine rings is 1. The van der Waals surface area contributed by atoms with Crippen LogP contribution in [0.5, 0.6) is 0 Å². The van der Waals surface area contributed by atoms with E-state index >= 15 is 0 Å². The van der Waals surface area contributed by atoms with Crippen LogP contribution in [0.1, 0.15) is 21.6 Å². The molecule has 3 rings (SSSR count). The molecule has 0 saturated carbocycles. The molecule has 6 nitrogen and oxygen atoms in total. The zero-order chi connectivity index (χ0) is 16.4. The smallest absolute Gasteiger partial charge is 0.255 e. The van der Waals surface area contributed by atoms with Crippen molar-refractivity contribution in [3.63, 3.8) is 0 Å². The Bertz CT molecular complexity index is 821. The fourth-order valence-electron chi connectivity index (χ4n) is 2.45. The molecule has 1 amide bonds. The van der Waals surface area contributed by atoms with Crippen LogP contribution in [0, 0.1) is 6.92 Å². The lowest BCUT2D eigenvalue weighted by Crippen LogP contribution is -2.27. The van der Waals surface area contributed by atoms with Gasteiger partial charge in [0, 0.05) is 32.4 Å². The van der Waals surface area contributed by atoms with E-state index in [0.29, 0.717) is 23.6 Å². The van der Waals surface area contributed by atoms with Gasteiger partial charge < -0.3 is 9.32 Å². The second-order valence-electron chi connectivity index (χ2n) is 5.49. The summed E-state index contributed by atoms with van der Waals surface area (Å²) in [5.41, 5.74) is 2.98. The van der Waals surface area contributed by atoms with Crippen molar-refractivity contribution >= 4 is 5.91 Å². The highest BCUT2D eigenvalue weighted by Crippen LogP contribution is 2.20. The molecule has 3 aromatic rings. The minimum Gasteiger partial charge on any atom is -0.463 e. The van der Waals surface area contributed by atoms with Crippen molar-refractivity contribution in [3.05, 3.63) is 59.7 Å². The van der Waals surface area contributed by atoms with Crippen LogP contribution in [0.4, 0.5) is 0 Å². The highest BCUT2D eigenvalue weighted by atomic mass is 16.3. The Kier molecular flexibility index (Phi) is 3.97. The van der Waals surface area contributed by atoms with Gasteiger partial charge in [0.15, 0.2) is 5.76 Å². The quantitative estimate of drug-likeness (QED) is 0.743. The first-order valence-corrected chi connectivity index (χ1v) is 7.29. The molecular weight excluding hydrogens is 292 g/mol. The number of rotatable bonds is 4. The van der Waals surface area contributed by atoms with Gasteiger partial charge in [0.2, 0.25) is 0 Å². The predicted molar refractivity (Wildman–Crippen MR) is 85.7 cm³/mol. The van der Waals surface area contributed by atoms with E-state index in [0.717, 1.165) is 11.3 Å². The van der Waals surface area contributed by atoms with E-state index in [1.165, 1.54) is 0 Å². The molecule has 3 heterocycles. The molecule has 0 spiro atoms. The molecule has 118 valence electrons. The van der Waals surface area contributed by atoms with Crippen LogP contribution in [0.3, 0.4) is 0 Å². The molecule has 0 atom stereocenters. The highest BCUT2D eigenvalue weighted by Gasteiger charge is 2.17. The van der Waals surface area contributed by atoms with Gasteiger partial charge in [0.1, 0.15) is 5.69 Å². The van der Waals surface area contributed by atoms with Gasteiger partial charge in [-0.1, -0.05) is 0 Å². The summed E-state index contributed by atoms with van der Waals surface area (Å²) in [5, 5.41) is 4.12. The van der Waals surface area contributed by atoms with Crippen molar-refractivity contribution in [3.8, 4) is 11.5 Å². The first-order chi connectivity index (χ1) is 11.0. The number of aryl methyl sites for hydroxylation is 2. The number of amides is 1. The topological polar surface area (TPSA) is 64.2 Å². The minimum atomic E-state index is -0.0650. The van der Waals surface area contributed by atoms with E-state index in [-0.39, 0.29) is 5.91 Å². The van der Waals surface area contributed by atoms with Crippen molar-refractivity contribution in [1.29, 1.82) is 0 Å². The number of carbonyl (C=O) groups excluding carboxylic acids is 1. The molecule has 0 bridgehead atoms. The maximum absolute atomic E-state index is 12.6. The normalized spacial score (nSPS) is 10.7. The second kappa shape index (κ2) is 6.08. The lowest BCUT2D eigenvalue weighted by Gasteiger charge is -2.17. The minimum absolute atomic E-state index is 0.0650. The Balaban J connectivity index is 1.79. The lowest BCUT2D eigenvalue weighted by molar-refractivity contribution is 0.0784. The Morgan fingerprint density at radius 3 is 2.78 bits per heavy atom. The second-order valence-corrected chi connectivity index (χ2v) is 5.49. The summed E-state index contributed by atoms with van der Waals surface area (Å²) >= 11 is 0. The third-order valence-corrected chi connectivity index (χ3v) is 3.61. The summed E-state index contributed by atoms with van der Waals surface area (Å²) in [6.07, 6.45) is 5.26. The predicted octanol–water partition coefficient (Wildman–Crippen LogP) is 2.66. The third kappa shape index (κ3) is 3.15. The van der Waals surface area contributed by atoms with E-state index in [9.17, 15) is 4.79 Å². The number of carbonyl (C=O) groups is 1. The van der Waals surface area contributed by atoms with Gasteiger partial charge in [-0.05, 0) is 31.2 Å². The summed E-state index contributed by atoms with van der Waals surface area (Å²) in [4.78, 5) is 18.7. The Labute approximate surface area is 134 Å². The maximum Gasteiger partial charge on any atom is 0.255 e. The molecule has 0 N–H and O–H groups in total. The van der Waals surface area contributed by atoms with Gasteiger partial charge in [-0.25, -0.2) is 4.98 Å². The van der Waals surface area contributed by atoms with Crippen LogP contribution in [-0.2, 0) is 13.6 Å². The third-order valence-electron chi connectivity index (χ3n) is 3.61. The average Bonchev–Trinajstić information content (AvgIpc) is 3.18. The van der Waals surface area contributed by atoms with Gasteiger partial charge >= 0.3 is 0 Å². The van der Waals surface area contributed by atoms with Crippen LogP contribution < -0.4 is 0 Å². The van der Waals surface area contributed by atoms with E-state index < -0.39 is 0 Å². The number of aromatic nitrogens is 3. The van der Waals surface area contributed by atoms with Crippen molar-refractivity contribution in [1.82, 2.24) is 19.7 Å². The number of hydrogen-bond donors (Lipinski definition) is 0. The Morgan fingerprint density at radius 2 is 2.17 bits per heavy atom. The van der Waals surface area contributed by atoms with Crippen molar-refractivity contribution in [2.45, 2.75) is 13.5 Å². The first kappa shape index (κ1) is 15.0. The molecule has 0 aliphatic rings. The molecule has 23 heavy (non-hydrogen) atoms. The monoisotopic (exact) mass is 310 g/mol. The molecule has 6 heteroatoms. The molecule has 0 radical (unpaired) electrons. The van der Waals surface area contributed by atoms with Crippen molar-refractivity contribution in [2.24, 2.45) is 7.05 Å². The average molecular weight is 310 g/mol. The summed E-state index contributed by atoms with van der Waals surface area (Å²) in [7, 11) is 3.63. The fraction of sp³-hybridized carbons (Fsp3) is 0.235. The molecule has 0 aliphatic carbocycles. The highest BCUT2D eigenvalue weighted by molar-refractivity contribution is 5.95. The Hall–Kier alpha value is -2.89.